The molecule has 2 aromatic carbocycles. The third-order valence-corrected chi connectivity index (χ3v) is 6.67. The van der Waals surface area contributed by atoms with Crippen LogP contribution in [-0.2, 0) is 14.3 Å². The summed E-state index contributed by atoms with van der Waals surface area (Å²) in [4.78, 5) is 37.2. The first-order chi connectivity index (χ1) is 16.6. The third-order valence-electron chi connectivity index (χ3n) is 6.67. The van der Waals surface area contributed by atoms with Gasteiger partial charge < -0.3 is 25.6 Å². The monoisotopic (exact) mass is 482 g/mol. The number of aliphatic hydroxyl groups excluding tert-OH is 1. The van der Waals surface area contributed by atoms with E-state index in [0.717, 1.165) is 22.3 Å². The van der Waals surface area contributed by atoms with Gasteiger partial charge in [-0.25, -0.2) is 9.59 Å². The van der Waals surface area contributed by atoms with Crippen molar-refractivity contribution in [2.75, 3.05) is 13.2 Å². The molecule has 8 heteroatoms. The fourth-order valence-corrected chi connectivity index (χ4v) is 4.82. The van der Waals surface area contributed by atoms with E-state index in [9.17, 15) is 19.5 Å². The molecule has 0 heterocycles. The van der Waals surface area contributed by atoms with Gasteiger partial charge in [-0.3, -0.25) is 4.79 Å². The van der Waals surface area contributed by atoms with Crippen LogP contribution in [0.5, 0.6) is 0 Å². The van der Waals surface area contributed by atoms with Crippen LogP contribution in [0.4, 0.5) is 4.79 Å². The molecule has 2 unspecified atom stereocenters. The van der Waals surface area contributed by atoms with Gasteiger partial charge >= 0.3 is 12.1 Å². The summed E-state index contributed by atoms with van der Waals surface area (Å²) in [6.07, 6.45) is -0.750. The highest BCUT2D eigenvalue weighted by atomic mass is 16.5. The van der Waals surface area contributed by atoms with E-state index in [1.165, 1.54) is 0 Å². The minimum Gasteiger partial charge on any atom is -0.480 e. The number of nitrogens with one attached hydrogen (secondary N) is 2. The predicted molar refractivity (Wildman–Crippen MR) is 132 cm³/mol. The second kappa shape index (κ2) is 10.9. The van der Waals surface area contributed by atoms with E-state index in [1.54, 1.807) is 13.8 Å². The molecule has 0 radical (unpaired) electrons. The zero-order chi connectivity index (χ0) is 25.8. The van der Waals surface area contributed by atoms with E-state index in [-0.39, 0.29) is 31.5 Å². The number of carboxylic acid groups (broad SMARTS) is 1. The average Bonchev–Trinajstić information content (AvgIpc) is 3.14. The number of amides is 2. The number of hydrogen-bond acceptors (Lipinski definition) is 5. The lowest BCUT2D eigenvalue weighted by Crippen LogP contribution is -2.57. The lowest BCUT2D eigenvalue weighted by molar-refractivity contribution is -0.144. The van der Waals surface area contributed by atoms with Crippen LogP contribution in [0.25, 0.3) is 11.1 Å². The first-order valence-electron chi connectivity index (χ1n) is 11.8. The van der Waals surface area contributed by atoms with Crippen LogP contribution < -0.4 is 10.6 Å². The zero-order valence-electron chi connectivity index (χ0n) is 20.6. The Kier molecular flexibility index (Phi) is 8.17. The number of carbonyl (C=O) groups is 3. The van der Waals surface area contributed by atoms with Gasteiger partial charge in [0.2, 0.25) is 5.91 Å². The molecule has 0 fully saturated rings. The Morgan fingerprint density at radius 1 is 0.971 bits per heavy atom. The fourth-order valence-electron chi connectivity index (χ4n) is 4.82. The zero-order valence-corrected chi connectivity index (χ0v) is 20.6. The van der Waals surface area contributed by atoms with Gasteiger partial charge in [0.25, 0.3) is 0 Å². The number of hydrogen-bond donors (Lipinski definition) is 4. The second-order valence-electron chi connectivity index (χ2n) is 9.79. The molecular formula is C27H34N2O6. The van der Waals surface area contributed by atoms with E-state index >= 15 is 0 Å². The van der Waals surface area contributed by atoms with Crippen molar-refractivity contribution >= 4 is 18.0 Å². The van der Waals surface area contributed by atoms with Crippen LogP contribution in [0.1, 0.15) is 51.2 Å². The standard InChI is InChI=1S/C27H34N2O6/c1-16(2)23(27(3,4)25(33)28-22(13-14-30)24(31)32)29-26(34)35-15-21-19-11-7-5-9-17(19)18-10-6-8-12-20(18)21/h5-12,16,21-23,30H,13-15H2,1-4H3,(H,28,33)(H,29,34)(H,31,32). The number of rotatable bonds is 10. The molecule has 0 saturated heterocycles. The average molecular weight is 483 g/mol. The number of carbonyl (C=O) groups excluding carboxylic acids is 2. The summed E-state index contributed by atoms with van der Waals surface area (Å²) in [5, 5.41) is 23.7. The normalized spacial score (nSPS) is 14.6. The molecule has 1 aliphatic carbocycles. The van der Waals surface area contributed by atoms with Crippen molar-refractivity contribution in [3.8, 4) is 11.1 Å². The molecule has 8 nitrogen and oxygen atoms in total. The summed E-state index contributed by atoms with van der Waals surface area (Å²) < 4.78 is 5.64. The molecule has 3 rings (SSSR count). The maximum atomic E-state index is 13.0. The molecule has 0 aromatic heterocycles. The highest BCUT2D eigenvalue weighted by molar-refractivity contribution is 5.88. The summed E-state index contributed by atoms with van der Waals surface area (Å²) in [6.45, 7) is 6.80. The van der Waals surface area contributed by atoms with E-state index in [0.29, 0.717) is 0 Å². The van der Waals surface area contributed by atoms with Gasteiger partial charge in [-0.05, 0) is 42.0 Å². The van der Waals surface area contributed by atoms with Crippen molar-refractivity contribution in [2.24, 2.45) is 11.3 Å². The Hall–Kier alpha value is -3.39. The summed E-state index contributed by atoms with van der Waals surface area (Å²) >= 11 is 0. The van der Waals surface area contributed by atoms with Crippen LogP contribution in [-0.4, -0.2) is 53.5 Å². The SMILES string of the molecule is CC(C)C(NC(=O)OCC1c2ccccc2-c2ccccc21)C(C)(C)C(=O)NC(CCO)C(=O)O. The van der Waals surface area contributed by atoms with Gasteiger partial charge in [-0.15, -0.1) is 0 Å². The van der Waals surface area contributed by atoms with Crippen LogP contribution in [0.15, 0.2) is 48.5 Å². The van der Waals surface area contributed by atoms with E-state index in [1.807, 2.05) is 50.2 Å². The van der Waals surface area contributed by atoms with Gasteiger partial charge in [0.05, 0.1) is 5.41 Å². The van der Waals surface area contributed by atoms with Gasteiger partial charge in [0, 0.05) is 25.0 Å². The smallest absolute Gasteiger partial charge is 0.407 e. The molecule has 2 amide bonds. The van der Waals surface area contributed by atoms with Crippen molar-refractivity contribution < 1.29 is 29.3 Å². The second-order valence-corrected chi connectivity index (χ2v) is 9.79. The van der Waals surface area contributed by atoms with Crippen LogP contribution in [0.2, 0.25) is 0 Å². The van der Waals surface area contributed by atoms with Crippen molar-refractivity contribution in [3.63, 3.8) is 0 Å². The number of alkyl carbamates (subject to hydrolysis) is 1. The Bertz CT molecular complexity index is 1040. The van der Waals surface area contributed by atoms with E-state index in [4.69, 9.17) is 9.84 Å². The number of aliphatic hydroxyl groups is 1. The molecule has 0 bridgehead atoms. The quantitative estimate of drug-likeness (QED) is 0.411. The van der Waals surface area contributed by atoms with Crippen LogP contribution in [0.3, 0.4) is 0 Å². The number of ether oxygens (including phenoxy) is 1. The maximum absolute atomic E-state index is 13.0. The molecule has 2 aromatic rings. The number of aliphatic carboxylic acids is 1. The van der Waals surface area contributed by atoms with Crippen molar-refractivity contribution in [1.82, 2.24) is 10.6 Å². The molecular weight excluding hydrogens is 448 g/mol. The highest BCUT2D eigenvalue weighted by Gasteiger charge is 2.41. The number of carboxylic acids is 1. The molecule has 4 N–H and O–H groups in total. The van der Waals surface area contributed by atoms with Crippen LogP contribution in [0, 0.1) is 11.3 Å². The molecule has 0 saturated carbocycles. The van der Waals surface area contributed by atoms with Gasteiger partial charge in [-0.2, -0.15) is 0 Å². The molecule has 188 valence electrons. The molecule has 1 aliphatic rings. The minimum atomic E-state index is -1.23. The van der Waals surface area contributed by atoms with Gasteiger partial charge in [-0.1, -0.05) is 62.4 Å². The summed E-state index contributed by atoms with van der Waals surface area (Å²) in [7, 11) is 0. The Morgan fingerprint density at radius 3 is 2.00 bits per heavy atom. The Morgan fingerprint density at radius 2 is 1.51 bits per heavy atom. The Labute approximate surface area is 205 Å². The van der Waals surface area contributed by atoms with Crippen LogP contribution >= 0.6 is 0 Å². The van der Waals surface area contributed by atoms with E-state index < -0.39 is 35.5 Å². The lowest BCUT2D eigenvalue weighted by atomic mass is 9.77. The molecule has 0 aliphatic heterocycles. The largest absolute Gasteiger partial charge is 0.480 e. The summed E-state index contributed by atoms with van der Waals surface area (Å²) in [6, 6.07) is 14.3. The molecule has 0 spiro atoms. The van der Waals surface area contributed by atoms with Gasteiger partial charge in [0.15, 0.2) is 0 Å². The maximum Gasteiger partial charge on any atom is 0.407 e. The highest BCUT2D eigenvalue weighted by Crippen LogP contribution is 2.44. The fraction of sp³-hybridized carbons (Fsp3) is 0.444. The Balaban J connectivity index is 1.69. The van der Waals surface area contributed by atoms with E-state index in [2.05, 4.69) is 22.8 Å². The predicted octanol–water partition coefficient (Wildman–Crippen LogP) is 3.53. The molecule has 2 atom stereocenters. The topological polar surface area (TPSA) is 125 Å². The summed E-state index contributed by atoms with van der Waals surface area (Å²) in [5.41, 5.74) is 3.33. The molecule has 35 heavy (non-hydrogen) atoms. The van der Waals surface area contributed by atoms with Gasteiger partial charge in [0.1, 0.15) is 12.6 Å². The van der Waals surface area contributed by atoms with Crippen molar-refractivity contribution in [1.29, 1.82) is 0 Å². The first kappa shape index (κ1) is 26.2. The summed E-state index contributed by atoms with van der Waals surface area (Å²) in [5.74, 6) is -1.99. The minimum absolute atomic E-state index is 0.0863. The van der Waals surface area contributed by atoms with Crippen molar-refractivity contribution in [3.05, 3.63) is 59.7 Å². The number of fused-ring (bicyclic) bond motifs is 3. The lowest BCUT2D eigenvalue weighted by Gasteiger charge is -2.36. The first-order valence-corrected chi connectivity index (χ1v) is 11.8. The third kappa shape index (κ3) is 5.65. The van der Waals surface area contributed by atoms with Crippen molar-refractivity contribution in [2.45, 2.75) is 52.1 Å². The number of benzene rings is 2.